The Morgan fingerprint density at radius 2 is 2.11 bits per heavy atom. The Bertz CT molecular complexity index is 1280. The Balaban J connectivity index is 1.92. The molecule has 0 unspecified atom stereocenters. The smallest absolute Gasteiger partial charge is 0.280 e. The van der Waals surface area contributed by atoms with Gasteiger partial charge in [0.15, 0.2) is 11.2 Å². The van der Waals surface area contributed by atoms with Gasteiger partial charge in [-0.05, 0) is 49.4 Å². The third-order valence-corrected chi connectivity index (χ3v) is 5.20. The summed E-state index contributed by atoms with van der Waals surface area (Å²) in [4.78, 5) is 28.5. The monoisotopic (exact) mass is 380 g/mol. The second-order valence-corrected chi connectivity index (χ2v) is 7.13. The van der Waals surface area contributed by atoms with Crippen LogP contribution in [0, 0.1) is 0 Å². The molecule has 7 nitrogen and oxygen atoms in total. The molecule has 1 aliphatic carbocycles. The first kappa shape index (κ1) is 16.3. The summed E-state index contributed by atoms with van der Waals surface area (Å²) < 4.78 is 3.95. The Morgan fingerprint density at radius 1 is 1.22 bits per heavy atom. The number of hydrogen-bond donors (Lipinski definition) is 1. The highest BCUT2D eigenvalue weighted by atomic mass is 35.5. The molecule has 8 heteroatoms. The number of H-pyrrole nitrogens is 1. The molecule has 0 fully saturated rings. The third kappa shape index (κ3) is 2.49. The molecule has 0 radical (unpaired) electrons. The van der Waals surface area contributed by atoms with Crippen molar-refractivity contribution in [3.05, 3.63) is 46.2 Å². The molecule has 1 aliphatic rings. The summed E-state index contributed by atoms with van der Waals surface area (Å²) in [5.41, 5.74) is 4.31. The molecule has 0 spiro atoms. The quantitative estimate of drug-likeness (QED) is 0.537. The van der Waals surface area contributed by atoms with Crippen LogP contribution in [0.15, 0.2) is 35.4 Å². The second kappa shape index (κ2) is 6.06. The number of aryl methyl sites for hydroxylation is 1. The maximum atomic E-state index is 12.5. The van der Waals surface area contributed by atoms with Crippen molar-refractivity contribution in [2.75, 3.05) is 0 Å². The van der Waals surface area contributed by atoms with E-state index < -0.39 is 0 Å². The summed E-state index contributed by atoms with van der Waals surface area (Å²) in [5, 5.41) is 0.0651. The lowest BCUT2D eigenvalue weighted by Gasteiger charge is -2.17. The topological polar surface area (TPSA) is 81.4 Å². The van der Waals surface area contributed by atoms with Crippen LogP contribution in [-0.4, -0.2) is 29.1 Å². The summed E-state index contributed by atoms with van der Waals surface area (Å²) in [6, 6.07) is 5.92. The van der Waals surface area contributed by atoms with E-state index in [1.165, 1.54) is 0 Å². The van der Waals surface area contributed by atoms with E-state index in [1.807, 2.05) is 34.4 Å². The van der Waals surface area contributed by atoms with Gasteiger partial charge < -0.3 is 4.57 Å². The van der Waals surface area contributed by atoms with Crippen molar-refractivity contribution in [1.29, 1.82) is 0 Å². The van der Waals surface area contributed by atoms with E-state index in [4.69, 9.17) is 11.6 Å². The summed E-state index contributed by atoms with van der Waals surface area (Å²) in [7, 11) is 1.95. The van der Waals surface area contributed by atoms with Crippen LogP contribution in [0.3, 0.4) is 0 Å². The van der Waals surface area contributed by atoms with Crippen LogP contribution in [0.25, 0.3) is 39.3 Å². The van der Waals surface area contributed by atoms with Crippen LogP contribution in [0.2, 0.25) is 5.28 Å². The Kier molecular flexibility index (Phi) is 3.65. The maximum absolute atomic E-state index is 12.5. The lowest BCUT2D eigenvalue weighted by atomic mass is 10.0. The van der Waals surface area contributed by atoms with Crippen LogP contribution in [0.5, 0.6) is 0 Å². The van der Waals surface area contributed by atoms with Gasteiger partial charge in [-0.25, -0.2) is 9.97 Å². The van der Waals surface area contributed by atoms with Gasteiger partial charge in [-0.2, -0.15) is 4.98 Å². The van der Waals surface area contributed by atoms with E-state index in [0.717, 1.165) is 48.0 Å². The van der Waals surface area contributed by atoms with Crippen LogP contribution < -0.4 is 5.56 Å². The average Bonchev–Trinajstić information content (AvgIpc) is 3.24. The first-order chi connectivity index (χ1) is 13.1. The predicted molar refractivity (Wildman–Crippen MR) is 106 cm³/mol. The largest absolute Gasteiger partial charge is 0.333 e. The molecule has 0 amide bonds. The standard InChI is InChI=1S/C19H17ClN6O/c1-25-10-21-13-9-5-8-12(15(13)25)16-22-14-17(23-19(20)24-18(14)27)26(16)11-6-3-2-4-7-11/h5-6,8-10H,2-4,7H2,1H3,(H,23,24,27). The van der Waals surface area contributed by atoms with Gasteiger partial charge in [-0.15, -0.1) is 0 Å². The minimum Gasteiger partial charge on any atom is -0.333 e. The fourth-order valence-corrected chi connectivity index (χ4v) is 3.98. The van der Waals surface area contributed by atoms with E-state index >= 15 is 0 Å². The Hall–Kier alpha value is -2.93. The van der Waals surface area contributed by atoms with Crippen molar-refractivity contribution in [2.45, 2.75) is 25.7 Å². The van der Waals surface area contributed by atoms with E-state index in [2.05, 4.69) is 26.0 Å². The molecule has 3 heterocycles. The number of rotatable bonds is 2. The van der Waals surface area contributed by atoms with Gasteiger partial charge in [0, 0.05) is 18.3 Å². The first-order valence-electron chi connectivity index (χ1n) is 8.91. The number of hydrogen-bond acceptors (Lipinski definition) is 4. The first-order valence-corrected chi connectivity index (χ1v) is 9.29. The molecule has 3 aromatic heterocycles. The molecule has 0 atom stereocenters. The predicted octanol–water partition coefficient (Wildman–Crippen LogP) is 3.74. The number of para-hydroxylation sites is 1. The number of aromatic amines is 1. The zero-order valence-electron chi connectivity index (χ0n) is 14.7. The van der Waals surface area contributed by atoms with Crippen molar-refractivity contribution in [2.24, 2.45) is 7.05 Å². The van der Waals surface area contributed by atoms with Crippen molar-refractivity contribution in [3.8, 4) is 11.4 Å². The fraction of sp³-hybridized carbons (Fsp3) is 0.263. The van der Waals surface area contributed by atoms with Crippen LogP contribution >= 0.6 is 11.6 Å². The highest BCUT2D eigenvalue weighted by Gasteiger charge is 2.22. The highest BCUT2D eigenvalue weighted by Crippen LogP contribution is 2.34. The Labute approximate surface area is 159 Å². The lowest BCUT2D eigenvalue weighted by molar-refractivity contribution is 0.720. The molecule has 1 aromatic carbocycles. The number of aromatic nitrogens is 6. The molecule has 136 valence electrons. The number of allylic oxidation sites excluding steroid dienone is 2. The maximum Gasteiger partial charge on any atom is 0.280 e. The van der Waals surface area contributed by atoms with Crippen LogP contribution in [0.4, 0.5) is 0 Å². The Morgan fingerprint density at radius 3 is 2.93 bits per heavy atom. The number of fused-ring (bicyclic) bond motifs is 2. The SMILES string of the molecule is Cn1cnc2cccc(-c3nc4c(=O)[nH]c(Cl)nc4n3C3=CCCCC3)c21. The summed E-state index contributed by atoms with van der Waals surface area (Å²) in [6.45, 7) is 0. The normalized spacial score (nSPS) is 14.8. The van der Waals surface area contributed by atoms with Gasteiger partial charge in [-0.1, -0.05) is 12.1 Å². The van der Waals surface area contributed by atoms with Crippen LogP contribution in [0.1, 0.15) is 25.7 Å². The molecular formula is C19H17ClN6O. The number of imidazole rings is 2. The summed E-state index contributed by atoms with van der Waals surface area (Å²) in [6.07, 6.45) is 8.15. The zero-order chi connectivity index (χ0) is 18.5. The van der Waals surface area contributed by atoms with Crippen molar-refractivity contribution in [1.82, 2.24) is 29.1 Å². The summed E-state index contributed by atoms with van der Waals surface area (Å²) >= 11 is 6.05. The molecule has 27 heavy (non-hydrogen) atoms. The van der Waals surface area contributed by atoms with E-state index in [1.54, 1.807) is 6.33 Å². The van der Waals surface area contributed by atoms with Gasteiger partial charge in [0.05, 0.1) is 17.4 Å². The van der Waals surface area contributed by atoms with Gasteiger partial charge in [0.2, 0.25) is 5.28 Å². The number of benzene rings is 1. The van der Waals surface area contributed by atoms with Gasteiger partial charge >= 0.3 is 0 Å². The molecule has 0 aliphatic heterocycles. The van der Waals surface area contributed by atoms with Gasteiger partial charge in [0.1, 0.15) is 5.82 Å². The number of nitrogens with one attached hydrogen (secondary N) is 1. The minimum absolute atomic E-state index is 0.0651. The van der Waals surface area contributed by atoms with Crippen molar-refractivity contribution in [3.63, 3.8) is 0 Å². The molecular weight excluding hydrogens is 364 g/mol. The van der Waals surface area contributed by atoms with Gasteiger partial charge in [-0.3, -0.25) is 14.3 Å². The average molecular weight is 381 g/mol. The van der Waals surface area contributed by atoms with Gasteiger partial charge in [0.25, 0.3) is 5.56 Å². The second-order valence-electron chi connectivity index (χ2n) is 6.77. The number of nitrogens with zero attached hydrogens (tertiary/aromatic N) is 5. The zero-order valence-corrected chi connectivity index (χ0v) is 15.5. The molecule has 4 aromatic rings. The molecule has 0 saturated carbocycles. The van der Waals surface area contributed by atoms with E-state index in [-0.39, 0.29) is 10.8 Å². The fourth-order valence-electron chi connectivity index (χ4n) is 3.81. The molecule has 0 bridgehead atoms. The highest BCUT2D eigenvalue weighted by molar-refractivity contribution is 6.28. The number of halogens is 1. The minimum atomic E-state index is -0.335. The van der Waals surface area contributed by atoms with Crippen molar-refractivity contribution < 1.29 is 0 Å². The lowest BCUT2D eigenvalue weighted by Crippen LogP contribution is -2.09. The third-order valence-electron chi connectivity index (χ3n) is 5.02. The summed E-state index contributed by atoms with van der Waals surface area (Å²) in [5.74, 6) is 0.688. The van der Waals surface area contributed by atoms with Crippen molar-refractivity contribution >= 4 is 39.5 Å². The van der Waals surface area contributed by atoms with Crippen LogP contribution in [-0.2, 0) is 7.05 Å². The molecule has 0 saturated heterocycles. The van der Waals surface area contributed by atoms with E-state index in [9.17, 15) is 4.79 Å². The molecule has 5 rings (SSSR count). The van der Waals surface area contributed by atoms with E-state index in [0.29, 0.717) is 17.0 Å². The molecule has 1 N–H and O–H groups in total.